The summed E-state index contributed by atoms with van der Waals surface area (Å²) in [5, 5.41) is 0. The summed E-state index contributed by atoms with van der Waals surface area (Å²) >= 11 is 3.55. The first-order chi connectivity index (χ1) is 10.8. The van der Waals surface area contributed by atoms with Gasteiger partial charge in [-0.3, -0.25) is 0 Å². The van der Waals surface area contributed by atoms with Gasteiger partial charge < -0.3 is 16.4 Å². The fraction of sp³-hybridized carbons (Fsp3) is 1.00. The summed E-state index contributed by atoms with van der Waals surface area (Å²) in [7, 11) is 0. The second-order valence-electron chi connectivity index (χ2n) is 5.94. The maximum atomic E-state index is 4.97. The summed E-state index contributed by atoms with van der Waals surface area (Å²) < 4.78 is 9.94. The summed E-state index contributed by atoms with van der Waals surface area (Å²) in [5.41, 5.74) is 0. The van der Waals surface area contributed by atoms with Gasteiger partial charge in [-0.05, 0) is 0 Å². The molecule has 0 aliphatic carbocycles. The van der Waals surface area contributed by atoms with Gasteiger partial charge >= 0.3 is 165 Å². The molecule has 0 saturated carbocycles. The van der Waals surface area contributed by atoms with Crippen LogP contribution in [-0.4, -0.2) is 13.2 Å². The summed E-state index contributed by atoms with van der Waals surface area (Å²) in [6.45, 7) is 6.39. The third-order valence-electron chi connectivity index (χ3n) is 3.70. The van der Waals surface area contributed by atoms with E-state index in [-0.39, 0.29) is 16.4 Å². The molecule has 0 amide bonds. The fourth-order valence-corrected chi connectivity index (χ4v) is 2.71. The molecule has 0 unspecified atom stereocenters. The van der Waals surface area contributed by atoms with Gasteiger partial charge in [-0.1, -0.05) is 0 Å². The van der Waals surface area contributed by atoms with Crippen molar-refractivity contribution in [3.8, 4) is 0 Å². The van der Waals surface area contributed by atoms with Crippen molar-refractivity contribution in [2.24, 2.45) is 0 Å². The number of hydrogen-bond donors (Lipinski definition) is 0. The molecule has 0 bridgehead atoms. The van der Waals surface area contributed by atoms with Crippen LogP contribution in [0.1, 0.15) is 104 Å². The van der Waals surface area contributed by atoms with Crippen LogP contribution in [0.3, 0.4) is 0 Å². The summed E-state index contributed by atoms with van der Waals surface area (Å²) in [5.74, 6) is 0. The Hall–Kier alpha value is 1.23. The Morgan fingerprint density at radius 3 is 0.920 bits per heavy atom. The van der Waals surface area contributed by atoms with Crippen molar-refractivity contribution in [2.75, 3.05) is 13.2 Å². The van der Waals surface area contributed by atoms with Gasteiger partial charge in [0.25, 0.3) is 0 Å². The van der Waals surface area contributed by atoms with E-state index in [1.54, 1.807) is 41.6 Å². The van der Waals surface area contributed by atoms with Crippen molar-refractivity contribution in [3.05, 3.63) is 0 Å². The molecule has 0 spiro atoms. The predicted molar refractivity (Wildman–Crippen MR) is 89.9 cm³/mol. The topological polar surface area (TPSA) is 104 Å². The SMILES string of the molecule is CCCCCCCCC[O][Ti+3].CCCCCCCCC[O][Ti+3].[O-2].[O-2].[O-2]. The summed E-state index contributed by atoms with van der Waals surface area (Å²) in [6, 6.07) is 0. The molecular weight excluding hydrogens is 392 g/mol. The van der Waals surface area contributed by atoms with E-state index in [1.807, 2.05) is 0 Å². The third kappa shape index (κ3) is 45.9. The molecule has 0 atom stereocenters. The van der Waals surface area contributed by atoms with Crippen LogP contribution >= 0.6 is 0 Å². The van der Waals surface area contributed by atoms with Crippen LogP contribution < -0.4 is 0 Å². The molecule has 0 aromatic carbocycles. The molecule has 148 valence electrons. The van der Waals surface area contributed by atoms with Crippen molar-refractivity contribution in [1.82, 2.24) is 0 Å². The molecule has 0 aromatic heterocycles. The van der Waals surface area contributed by atoms with Crippen molar-refractivity contribution in [2.45, 2.75) is 104 Å². The van der Waals surface area contributed by atoms with Gasteiger partial charge in [0.15, 0.2) is 0 Å². The predicted octanol–water partition coefficient (Wildman–Crippen LogP) is 6.07. The van der Waals surface area contributed by atoms with Gasteiger partial charge in [0.2, 0.25) is 0 Å². The number of hydrogen-bond acceptors (Lipinski definition) is 2. The Kier molecular flexibility index (Phi) is 59.4. The Bertz CT molecular complexity index is 144. The maximum absolute atomic E-state index is 4.97. The molecule has 0 fully saturated rings. The second kappa shape index (κ2) is 40.1. The van der Waals surface area contributed by atoms with Gasteiger partial charge in [-0.25, -0.2) is 0 Å². The Labute approximate surface area is 181 Å². The molecule has 0 N–H and O–H groups in total. The van der Waals surface area contributed by atoms with Gasteiger partial charge in [0.05, 0.1) is 0 Å². The third-order valence-corrected chi connectivity index (χ3v) is 4.34. The second-order valence-corrected chi connectivity index (χ2v) is 6.84. The molecule has 7 heteroatoms. The van der Waals surface area contributed by atoms with E-state index in [2.05, 4.69) is 13.8 Å². The molecule has 0 aliphatic heterocycles. The zero-order chi connectivity index (χ0) is 16.7. The largest absolute Gasteiger partial charge is 2.00 e. The molecular formula is C18H38O5Ti2. The first-order valence-electron chi connectivity index (χ1n) is 9.40. The minimum atomic E-state index is 0. The number of rotatable bonds is 16. The molecule has 25 heavy (non-hydrogen) atoms. The van der Waals surface area contributed by atoms with Crippen molar-refractivity contribution < 1.29 is 64.7 Å². The number of unbranched alkanes of at least 4 members (excludes halogenated alkanes) is 12. The van der Waals surface area contributed by atoms with E-state index in [0.717, 1.165) is 13.2 Å². The van der Waals surface area contributed by atoms with Crippen molar-refractivity contribution >= 4 is 0 Å². The normalized spacial score (nSPS) is 9.20. The van der Waals surface area contributed by atoms with Crippen molar-refractivity contribution in [3.63, 3.8) is 0 Å². The molecule has 0 aliphatic rings. The van der Waals surface area contributed by atoms with Crippen LogP contribution in [0.25, 0.3) is 0 Å². The van der Waals surface area contributed by atoms with Crippen LogP contribution in [0.15, 0.2) is 0 Å². The summed E-state index contributed by atoms with van der Waals surface area (Å²) in [4.78, 5) is 0. The zero-order valence-corrected chi connectivity index (χ0v) is 19.5. The quantitative estimate of drug-likeness (QED) is 0.219. The van der Waals surface area contributed by atoms with Gasteiger partial charge in [-0.15, -0.1) is 0 Å². The fourth-order valence-electron chi connectivity index (χ4n) is 2.26. The van der Waals surface area contributed by atoms with E-state index in [1.165, 1.54) is 89.9 Å². The Morgan fingerprint density at radius 1 is 0.440 bits per heavy atom. The van der Waals surface area contributed by atoms with Gasteiger partial charge in [0.1, 0.15) is 0 Å². The Balaban J connectivity index is -0.0000000952. The molecule has 0 heterocycles. The van der Waals surface area contributed by atoms with E-state index < -0.39 is 0 Å². The van der Waals surface area contributed by atoms with E-state index in [0.29, 0.717) is 0 Å². The van der Waals surface area contributed by atoms with E-state index in [9.17, 15) is 0 Å². The first-order valence-corrected chi connectivity index (χ1v) is 10.7. The van der Waals surface area contributed by atoms with Crippen LogP contribution in [0.5, 0.6) is 0 Å². The summed E-state index contributed by atoms with van der Waals surface area (Å²) in [6.07, 6.45) is 19.1. The van der Waals surface area contributed by atoms with Crippen LogP contribution in [0.4, 0.5) is 0 Å². The van der Waals surface area contributed by atoms with Gasteiger partial charge in [-0.2, -0.15) is 0 Å². The smallest absolute Gasteiger partial charge is 2.00 e. The van der Waals surface area contributed by atoms with Crippen molar-refractivity contribution in [1.29, 1.82) is 0 Å². The van der Waals surface area contributed by atoms with Crippen LogP contribution in [0.2, 0.25) is 0 Å². The monoisotopic (exact) mass is 430 g/mol. The van der Waals surface area contributed by atoms with Crippen LogP contribution in [0, 0.1) is 0 Å². The molecule has 0 saturated heterocycles. The zero-order valence-electron chi connectivity index (χ0n) is 16.4. The average Bonchev–Trinajstić information content (AvgIpc) is 2.54. The standard InChI is InChI=1S/2C9H19O.3O.2Ti/c2*1-2-3-4-5-6-7-8-9-10;;;;;/h2*2-9H2,1H3;;;;;/q2*-1;3*-2;2*+4. The average molecular weight is 430 g/mol. The maximum Gasteiger partial charge on any atom is -2.00 e. The minimum absolute atomic E-state index is 0. The molecule has 5 nitrogen and oxygen atoms in total. The molecule has 0 aromatic rings. The molecule has 0 radical (unpaired) electrons. The Morgan fingerprint density at radius 2 is 0.680 bits per heavy atom. The van der Waals surface area contributed by atoms with Gasteiger partial charge in [0, 0.05) is 0 Å². The first kappa shape index (κ1) is 37.0. The molecule has 0 rings (SSSR count). The van der Waals surface area contributed by atoms with E-state index >= 15 is 0 Å². The van der Waals surface area contributed by atoms with E-state index in [4.69, 9.17) is 6.64 Å². The minimum Gasteiger partial charge on any atom is -2.00 e. The van der Waals surface area contributed by atoms with Crippen LogP contribution in [-0.2, 0) is 64.7 Å².